The van der Waals surface area contributed by atoms with Crippen LogP contribution in [0.1, 0.15) is 30.3 Å². The van der Waals surface area contributed by atoms with Crippen LogP contribution in [0.3, 0.4) is 0 Å². The molecule has 2 rings (SSSR count). The summed E-state index contributed by atoms with van der Waals surface area (Å²) < 4.78 is 25.9. The first-order chi connectivity index (χ1) is 10.7. The van der Waals surface area contributed by atoms with Crippen molar-refractivity contribution in [3.8, 4) is 0 Å². The smallest absolute Gasteiger partial charge is 0.307 e. The van der Waals surface area contributed by atoms with Crippen LogP contribution >= 0.6 is 0 Å². The Morgan fingerprint density at radius 2 is 2.00 bits per heavy atom. The van der Waals surface area contributed by atoms with Gasteiger partial charge in [0, 0.05) is 32.9 Å². The molecule has 128 valence electrons. The van der Waals surface area contributed by atoms with Crippen LogP contribution in [-0.4, -0.2) is 66.3 Å². The standard InChI is InChI=1S/C14H21N3O5S/c1-10(14(19)20)9-16(2)23(21,22)11-7-12(15-8-11)13(18)17-5-3-4-6-17/h7-8,10,15H,3-6,9H2,1-2H3,(H,19,20). The molecule has 0 saturated carbocycles. The first kappa shape index (κ1) is 17.5. The molecule has 1 saturated heterocycles. The maximum Gasteiger partial charge on any atom is 0.307 e. The minimum Gasteiger partial charge on any atom is -0.481 e. The molecule has 1 amide bonds. The van der Waals surface area contributed by atoms with E-state index in [4.69, 9.17) is 5.11 Å². The molecule has 0 aliphatic carbocycles. The van der Waals surface area contributed by atoms with Crippen LogP contribution in [0.5, 0.6) is 0 Å². The molecule has 1 unspecified atom stereocenters. The largest absolute Gasteiger partial charge is 0.481 e. The van der Waals surface area contributed by atoms with Gasteiger partial charge in [-0.1, -0.05) is 6.92 Å². The van der Waals surface area contributed by atoms with Gasteiger partial charge in [-0.2, -0.15) is 0 Å². The van der Waals surface area contributed by atoms with Crippen molar-refractivity contribution in [3.63, 3.8) is 0 Å². The number of H-pyrrole nitrogens is 1. The van der Waals surface area contributed by atoms with Gasteiger partial charge < -0.3 is 15.0 Å². The number of amides is 1. The fraction of sp³-hybridized carbons (Fsp3) is 0.571. The van der Waals surface area contributed by atoms with Crippen LogP contribution in [0.4, 0.5) is 0 Å². The van der Waals surface area contributed by atoms with Crippen LogP contribution in [0.15, 0.2) is 17.2 Å². The molecule has 0 spiro atoms. The van der Waals surface area contributed by atoms with Crippen molar-refractivity contribution in [3.05, 3.63) is 18.0 Å². The van der Waals surface area contributed by atoms with Gasteiger partial charge in [-0.05, 0) is 18.9 Å². The maximum absolute atomic E-state index is 12.4. The Bertz CT molecular complexity index is 691. The van der Waals surface area contributed by atoms with Gasteiger partial charge in [0.05, 0.1) is 5.92 Å². The number of nitrogens with one attached hydrogen (secondary N) is 1. The molecule has 1 aromatic heterocycles. The SMILES string of the molecule is CC(CN(C)S(=O)(=O)c1c[nH]c(C(=O)N2CCCC2)c1)C(=O)O. The molecule has 23 heavy (non-hydrogen) atoms. The second-order valence-corrected chi connectivity index (χ2v) is 7.82. The van der Waals surface area contributed by atoms with E-state index in [-0.39, 0.29) is 23.0 Å². The first-order valence-corrected chi connectivity index (χ1v) is 8.84. The summed E-state index contributed by atoms with van der Waals surface area (Å²) in [5.41, 5.74) is 0.227. The molecule has 1 aliphatic rings. The monoisotopic (exact) mass is 343 g/mol. The number of aliphatic carboxylic acids is 1. The summed E-state index contributed by atoms with van der Waals surface area (Å²) in [5, 5.41) is 8.89. The van der Waals surface area contributed by atoms with Crippen molar-refractivity contribution in [2.24, 2.45) is 5.92 Å². The molecule has 0 radical (unpaired) electrons. The first-order valence-electron chi connectivity index (χ1n) is 7.40. The lowest BCUT2D eigenvalue weighted by molar-refractivity contribution is -0.141. The Balaban J connectivity index is 2.14. The van der Waals surface area contributed by atoms with Crippen LogP contribution in [0.25, 0.3) is 0 Å². The highest BCUT2D eigenvalue weighted by molar-refractivity contribution is 7.89. The average Bonchev–Trinajstić information content (AvgIpc) is 3.17. The summed E-state index contributed by atoms with van der Waals surface area (Å²) in [6, 6.07) is 1.30. The van der Waals surface area contributed by atoms with Crippen LogP contribution < -0.4 is 0 Å². The number of nitrogens with zero attached hydrogens (tertiary/aromatic N) is 2. The van der Waals surface area contributed by atoms with Crippen molar-refractivity contribution in [1.29, 1.82) is 0 Å². The number of carbonyl (C=O) groups is 2. The van der Waals surface area contributed by atoms with Crippen molar-refractivity contribution < 1.29 is 23.1 Å². The number of hydrogen-bond acceptors (Lipinski definition) is 4. The molecule has 1 fully saturated rings. The highest BCUT2D eigenvalue weighted by Gasteiger charge is 2.28. The third-order valence-electron chi connectivity index (χ3n) is 3.94. The Morgan fingerprint density at radius 1 is 1.39 bits per heavy atom. The summed E-state index contributed by atoms with van der Waals surface area (Å²) in [6.45, 7) is 2.65. The number of carbonyl (C=O) groups excluding carboxylic acids is 1. The zero-order valence-corrected chi connectivity index (χ0v) is 14.0. The molecule has 2 N–H and O–H groups in total. The number of aromatic nitrogens is 1. The Hall–Kier alpha value is -1.87. The van der Waals surface area contributed by atoms with Gasteiger partial charge in [-0.3, -0.25) is 9.59 Å². The van der Waals surface area contributed by atoms with Gasteiger partial charge >= 0.3 is 5.97 Å². The number of likely N-dealkylation sites (tertiary alicyclic amines) is 1. The second kappa shape index (κ2) is 6.71. The molecule has 1 aromatic rings. The van der Waals surface area contributed by atoms with Crippen molar-refractivity contribution >= 4 is 21.9 Å². The minimum atomic E-state index is -3.84. The summed E-state index contributed by atoms with van der Waals surface area (Å²) in [5.74, 6) is -2.10. The molecule has 1 atom stereocenters. The van der Waals surface area contributed by atoms with Crippen molar-refractivity contribution in [2.75, 3.05) is 26.7 Å². The van der Waals surface area contributed by atoms with Crippen LogP contribution in [-0.2, 0) is 14.8 Å². The second-order valence-electron chi connectivity index (χ2n) is 5.77. The zero-order chi connectivity index (χ0) is 17.2. The fourth-order valence-corrected chi connectivity index (χ4v) is 3.73. The molecular formula is C14H21N3O5S. The van der Waals surface area contributed by atoms with Crippen molar-refractivity contribution in [2.45, 2.75) is 24.7 Å². The van der Waals surface area contributed by atoms with Gasteiger partial charge in [0.25, 0.3) is 5.91 Å². The van der Waals surface area contributed by atoms with E-state index in [1.165, 1.54) is 26.2 Å². The molecule has 0 bridgehead atoms. The zero-order valence-electron chi connectivity index (χ0n) is 13.2. The molecule has 8 nitrogen and oxygen atoms in total. The molecule has 0 aromatic carbocycles. The lowest BCUT2D eigenvalue weighted by Crippen LogP contribution is -2.33. The molecule has 1 aliphatic heterocycles. The van der Waals surface area contributed by atoms with E-state index >= 15 is 0 Å². The lowest BCUT2D eigenvalue weighted by Gasteiger charge is -2.18. The Kier molecular flexibility index (Phi) is 5.10. The van der Waals surface area contributed by atoms with Crippen LogP contribution in [0, 0.1) is 5.92 Å². The maximum atomic E-state index is 12.4. The summed E-state index contributed by atoms with van der Waals surface area (Å²) >= 11 is 0. The van der Waals surface area contributed by atoms with Crippen LogP contribution in [0.2, 0.25) is 0 Å². The van der Waals surface area contributed by atoms with E-state index in [1.54, 1.807) is 4.90 Å². The van der Waals surface area contributed by atoms with Gasteiger partial charge in [0.2, 0.25) is 10.0 Å². The summed E-state index contributed by atoms with van der Waals surface area (Å²) in [6.07, 6.45) is 3.17. The predicted molar refractivity (Wildman–Crippen MR) is 82.5 cm³/mol. The van der Waals surface area contributed by atoms with Crippen molar-refractivity contribution in [1.82, 2.24) is 14.2 Å². The topological polar surface area (TPSA) is 111 Å². The quantitative estimate of drug-likeness (QED) is 0.785. The summed E-state index contributed by atoms with van der Waals surface area (Å²) in [7, 11) is -2.51. The normalized spacial score (nSPS) is 16.7. The third-order valence-corrected chi connectivity index (χ3v) is 5.74. The molecule has 9 heteroatoms. The number of hydrogen-bond donors (Lipinski definition) is 2. The fourth-order valence-electron chi connectivity index (χ4n) is 2.48. The molecule has 2 heterocycles. The van der Waals surface area contributed by atoms with Gasteiger partial charge in [0.1, 0.15) is 10.6 Å². The highest BCUT2D eigenvalue weighted by atomic mass is 32.2. The number of aromatic amines is 1. The number of carboxylic acids is 1. The van der Waals surface area contributed by atoms with Gasteiger partial charge in [-0.15, -0.1) is 0 Å². The Morgan fingerprint density at radius 3 is 2.57 bits per heavy atom. The molecular weight excluding hydrogens is 322 g/mol. The third kappa shape index (κ3) is 3.73. The predicted octanol–water partition coefficient (Wildman–Crippen LogP) is 0.592. The van der Waals surface area contributed by atoms with E-state index in [1.807, 2.05) is 0 Å². The lowest BCUT2D eigenvalue weighted by atomic mass is 10.2. The van der Waals surface area contributed by atoms with E-state index in [9.17, 15) is 18.0 Å². The average molecular weight is 343 g/mol. The van der Waals surface area contributed by atoms with Gasteiger partial charge in [0.15, 0.2) is 0 Å². The number of carboxylic acid groups (broad SMARTS) is 1. The number of rotatable bonds is 6. The van der Waals surface area contributed by atoms with Gasteiger partial charge in [-0.25, -0.2) is 12.7 Å². The van der Waals surface area contributed by atoms with E-state index in [2.05, 4.69) is 4.98 Å². The summed E-state index contributed by atoms with van der Waals surface area (Å²) in [4.78, 5) is 27.4. The number of sulfonamides is 1. The van der Waals surface area contributed by atoms with E-state index in [0.29, 0.717) is 13.1 Å². The Labute approximate surface area is 135 Å². The highest BCUT2D eigenvalue weighted by Crippen LogP contribution is 2.19. The van der Waals surface area contributed by atoms with E-state index in [0.717, 1.165) is 17.1 Å². The van der Waals surface area contributed by atoms with E-state index < -0.39 is 21.9 Å². The minimum absolute atomic E-state index is 0.0415.